The van der Waals surface area contributed by atoms with Gasteiger partial charge in [0.15, 0.2) is 0 Å². The summed E-state index contributed by atoms with van der Waals surface area (Å²) in [6, 6.07) is 0. The lowest BCUT2D eigenvalue weighted by Gasteiger charge is -1.88. The summed E-state index contributed by atoms with van der Waals surface area (Å²) >= 11 is 1.38. The van der Waals surface area contributed by atoms with Crippen LogP contribution in [-0.2, 0) is 4.18 Å². The van der Waals surface area contributed by atoms with Gasteiger partial charge in [-0.3, -0.25) is 0 Å². The molecule has 2 nitrogen and oxygen atoms in total. The van der Waals surface area contributed by atoms with Crippen molar-refractivity contribution in [1.29, 1.82) is 0 Å². The molecule has 0 spiro atoms. The predicted molar refractivity (Wildman–Crippen MR) is 28.5 cm³/mol. The molecule has 0 heterocycles. The molecule has 2 N–H and O–H groups in total. The Morgan fingerprint density at radius 3 is 2.67 bits per heavy atom. The Kier molecular flexibility index (Phi) is 5.51. The first kappa shape index (κ1) is 6.27. The zero-order chi connectivity index (χ0) is 4.83. The average molecular weight is 107 g/mol. The van der Waals surface area contributed by atoms with Gasteiger partial charge in [0.2, 0.25) is 0 Å². The van der Waals surface area contributed by atoms with Crippen LogP contribution in [0, 0.1) is 0 Å². The van der Waals surface area contributed by atoms with Crippen molar-refractivity contribution >= 4 is 12.0 Å². The van der Waals surface area contributed by atoms with Crippen molar-refractivity contribution < 1.29 is 4.18 Å². The summed E-state index contributed by atoms with van der Waals surface area (Å²) in [6.07, 6.45) is 0. The molecule has 0 saturated heterocycles. The maximum absolute atomic E-state index is 5.11. The molecule has 0 aliphatic rings. The highest BCUT2D eigenvalue weighted by Gasteiger charge is 1.75. The summed E-state index contributed by atoms with van der Waals surface area (Å²) in [6.45, 7) is 0.693. The van der Waals surface area contributed by atoms with Crippen LogP contribution in [-0.4, -0.2) is 19.4 Å². The molecule has 0 rings (SSSR count). The Balaban J connectivity index is 2.34. The molecule has 0 bridgehead atoms. The summed E-state index contributed by atoms with van der Waals surface area (Å²) < 4.78 is 4.62. The van der Waals surface area contributed by atoms with E-state index in [1.165, 1.54) is 12.0 Å². The first-order valence-corrected chi connectivity index (χ1v) is 2.68. The Hall–Kier alpha value is 0.270. The lowest BCUT2D eigenvalue weighted by molar-refractivity contribution is 0.490. The van der Waals surface area contributed by atoms with Crippen LogP contribution in [0.1, 0.15) is 0 Å². The second-order valence-corrected chi connectivity index (χ2v) is 1.75. The quantitative estimate of drug-likeness (QED) is 0.414. The van der Waals surface area contributed by atoms with Gasteiger partial charge in [0.25, 0.3) is 0 Å². The first-order valence-electron chi connectivity index (χ1n) is 1.77. The predicted octanol–water partition coefficient (Wildman–Crippen LogP) is 0.240. The van der Waals surface area contributed by atoms with E-state index in [0.717, 1.165) is 5.75 Å². The normalized spacial score (nSPS) is 9.00. The summed E-state index contributed by atoms with van der Waals surface area (Å²) in [5, 5.41) is 0. The molecule has 0 atom stereocenters. The summed E-state index contributed by atoms with van der Waals surface area (Å²) in [5.41, 5.74) is 5.11. The van der Waals surface area contributed by atoms with Gasteiger partial charge < -0.3 is 9.92 Å². The smallest absolute Gasteiger partial charge is 0.0503 e. The first-order chi connectivity index (χ1) is 2.91. The minimum absolute atomic E-state index is 0.693. The molecule has 0 aromatic carbocycles. The molecule has 0 amide bonds. The monoisotopic (exact) mass is 107 g/mol. The van der Waals surface area contributed by atoms with E-state index in [9.17, 15) is 0 Å². The minimum Gasteiger partial charge on any atom is -0.330 e. The fourth-order valence-electron chi connectivity index (χ4n) is 0.131. The molecule has 6 heavy (non-hydrogen) atoms. The number of hydrogen-bond acceptors (Lipinski definition) is 3. The molecule has 38 valence electrons. The molecule has 0 saturated carbocycles. The SMILES string of the molecule is COSCCN. The third-order valence-electron chi connectivity index (χ3n) is 0.319. The van der Waals surface area contributed by atoms with Crippen molar-refractivity contribution in [2.45, 2.75) is 0 Å². The number of hydrogen-bond donors (Lipinski definition) is 1. The van der Waals surface area contributed by atoms with Crippen LogP contribution in [0.15, 0.2) is 0 Å². The van der Waals surface area contributed by atoms with Crippen LogP contribution < -0.4 is 5.73 Å². The zero-order valence-electron chi connectivity index (χ0n) is 3.81. The highest BCUT2D eigenvalue weighted by atomic mass is 32.2. The Labute approximate surface area is 42.3 Å². The van der Waals surface area contributed by atoms with Crippen molar-refractivity contribution in [1.82, 2.24) is 0 Å². The zero-order valence-corrected chi connectivity index (χ0v) is 4.62. The van der Waals surface area contributed by atoms with E-state index >= 15 is 0 Å². The van der Waals surface area contributed by atoms with Gasteiger partial charge in [0, 0.05) is 12.3 Å². The van der Waals surface area contributed by atoms with Crippen LogP contribution in [0.4, 0.5) is 0 Å². The molecule has 0 aromatic rings. The van der Waals surface area contributed by atoms with Crippen LogP contribution in [0.5, 0.6) is 0 Å². The highest BCUT2D eigenvalue weighted by Crippen LogP contribution is 1.93. The number of rotatable bonds is 3. The van der Waals surface area contributed by atoms with Gasteiger partial charge in [0.05, 0.1) is 7.11 Å². The minimum atomic E-state index is 0.693. The highest BCUT2D eigenvalue weighted by molar-refractivity contribution is 7.94. The van der Waals surface area contributed by atoms with Crippen molar-refractivity contribution in [3.05, 3.63) is 0 Å². The standard InChI is InChI=1S/C3H9NOS/c1-5-6-3-2-4/h2-4H2,1H3. The van der Waals surface area contributed by atoms with Crippen LogP contribution >= 0.6 is 12.0 Å². The largest absolute Gasteiger partial charge is 0.330 e. The molecular formula is C3H9NOS. The third-order valence-corrected chi connectivity index (χ3v) is 0.957. The lowest BCUT2D eigenvalue weighted by Crippen LogP contribution is -2.00. The molecule has 0 unspecified atom stereocenters. The van der Waals surface area contributed by atoms with Crippen LogP contribution in [0.2, 0.25) is 0 Å². The van der Waals surface area contributed by atoms with Gasteiger partial charge in [-0.2, -0.15) is 0 Å². The summed E-state index contributed by atoms with van der Waals surface area (Å²) in [7, 11) is 1.64. The van der Waals surface area contributed by atoms with E-state index < -0.39 is 0 Å². The van der Waals surface area contributed by atoms with Crippen molar-refractivity contribution in [2.24, 2.45) is 5.73 Å². The molecule has 3 heteroatoms. The maximum atomic E-state index is 5.11. The average Bonchev–Trinajstić information content (AvgIpc) is 1.61. The van der Waals surface area contributed by atoms with E-state index in [-0.39, 0.29) is 0 Å². The number of nitrogens with two attached hydrogens (primary N) is 1. The third kappa shape index (κ3) is 4.27. The fraction of sp³-hybridized carbons (Fsp3) is 1.00. The van der Waals surface area contributed by atoms with E-state index in [0.29, 0.717) is 6.54 Å². The van der Waals surface area contributed by atoms with Crippen molar-refractivity contribution in [3.8, 4) is 0 Å². The fourth-order valence-corrected chi connectivity index (χ4v) is 0.394. The van der Waals surface area contributed by atoms with Gasteiger partial charge in [-0.15, -0.1) is 0 Å². The van der Waals surface area contributed by atoms with Crippen LogP contribution in [0.3, 0.4) is 0 Å². The van der Waals surface area contributed by atoms with E-state index in [1.54, 1.807) is 7.11 Å². The Bertz CT molecular complexity index is 22.8. The molecule has 0 fully saturated rings. The van der Waals surface area contributed by atoms with Gasteiger partial charge in [-0.05, 0) is 12.0 Å². The van der Waals surface area contributed by atoms with Crippen molar-refractivity contribution in [2.75, 3.05) is 19.4 Å². The molecule has 0 radical (unpaired) electrons. The van der Waals surface area contributed by atoms with E-state index in [1.807, 2.05) is 0 Å². The molecule has 0 aromatic heterocycles. The Morgan fingerprint density at radius 1 is 1.83 bits per heavy atom. The molecular weight excluding hydrogens is 98.1 g/mol. The van der Waals surface area contributed by atoms with Gasteiger partial charge in [0.1, 0.15) is 0 Å². The second-order valence-electron chi connectivity index (χ2n) is 0.777. The van der Waals surface area contributed by atoms with Gasteiger partial charge in [-0.25, -0.2) is 0 Å². The van der Waals surface area contributed by atoms with E-state index in [4.69, 9.17) is 5.73 Å². The maximum Gasteiger partial charge on any atom is 0.0503 e. The van der Waals surface area contributed by atoms with Crippen molar-refractivity contribution in [3.63, 3.8) is 0 Å². The topological polar surface area (TPSA) is 35.2 Å². The molecule has 0 aliphatic heterocycles. The van der Waals surface area contributed by atoms with E-state index in [2.05, 4.69) is 4.18 Å². The van der Waals surface area contributed by atoms with Gasteiger partial charge >= 0.3 is 0 Å². The second kappa shape index (κ2) is 5.27. The lowest BCUT2D eigenvalue weighted by atomic mass is 10.8. The summed E-state index contributed by atoms with van der Waals surface area (Å²) in [4.78, 5) is 0. The Morgan fingerprint density at radius 2 is 2.50 bits per heavy atom. The summed E-state index contributed by atoms with van der Waals surface area (Å²) in [5.74, 6) is 0.885. The van der Waals surface area contributed by atoms with Gasteiger partial charge in [-0.1, -0.05) is 0 Å². The van der Waals surface area contributed by atoms with Crippen LogP contribution in [0.25, 0.3) is 0 Å². The molecule has 0 aliphatic carbocycles.